The van der Waals surface area contributed by atoms with Crippen molar-refractivity contribution in [2.24, 2.45) is 0 Å². The van der Waals surface area contributed by atoms with Crippen LogP contribution >= 0.6 is 0 Å². The molecule has 0 aliphatic carbocycles. The molecule has 19 heavy (non-hydrogen) atoms. The summed E-state index contributed by atoms with van der Waals surface area (Å²) in [4.78, 5) is 0. The van der Waals surface area contributed by atoms with Crippen LogP contribution in [0.15, 0.2) is 73.8 Å². The third-order valence-corrected chi connectivity index (χ3v) is 2.85. The third-order valence-electron chi connectivity index (χ3n) is 2.85. The fourth-order valence-electron chi connectivity index (χ4n) is 1.67. The van der Waals surface area contributed by atoms with Crippen LogP contribution in [0.2, 0.25) is 0 Å². The van der Waals surface area contributed by atoms with E-state index in [0.29, 0.717) is 0 Å². The third kappa shape index (κ3) is 5.87. The lowest BCUT2D eigenvalue weighted by Crippen LogP contribution is -1.78. The average molecular weight is 250 g/mol. The predicted molar refractivity (Wildman–Crippen MR) is 86.3 cm³/mol. The summed E-state index contributed by atoms with van der Waals surface area (Å²) in [5.74, 6) is 0. The lowest BCUT2D eigenvalue weighted by molar-refractivity contribution is 1.14. The number of hydrogen-bond acceptors (Lipinski definition) is 0. The molecule has 0 radical (unpaired) electrons. The Bertz CT molecular complexity index is 477. The van der Waals surface area contributed by atoms with Crippen molar-refractivity contribution in [2.75, 3.05) is 0 Å². The first-order valence-electron chi connectivity index (χ1n) is 6.66. The summed E-state index contributed by atoms with van der Waals surface area (Å²) in [6.45, 7) is 9.50. The topological polar surface area (TPSA) is 0 Å². The largest absolute Gasteiger partial charge is 0.103 e. The maximum absolute atomic E-state index is 3.69. The smallest absolute Gasteiger partial charge is 0.0100 e. The molecule has 0 fully saturated rings. The van der Waals surface area contributed by atoms with Crippen molar-refractivity contribution in [1.82, 2.24) is 0 Å². The SMILES string of the molecule is C=CCc1ccccc1.C=Cc1ccc(CC)cc1. The van der Waals surface area contributed by atoms with Gasteiger partial charge in [-0.15, -0.1) is 6.58 Å². The minimum Gasteiger partial charge on any atom is -0.103 e. The van der Waals surface area contributed by atoms with Crippen LogP contribution in [0.1, 0.15) is 23.6 Å². The zero-order valence-corrected chi connectivity index (χ0v) is 11.7. The second-order valence-electron chi connectivity index (χ2n) is 4.28. The van der Waals surface area contributed by atoms with Gasteiger partial charge in [-0.3, -0.25) is 0 Å². The molecule has 0 heterocycles. The van der Waals surface area contributed by atoms with E-state index in [9.17, 15) is 0 Å². The molecular formula is C19H22. The summed E-state index contributed by atoms with van der Waals surface area (Å²) < 4.78 is 0. The van der Waals surface area contributed by atoms with Gasteiger partial charge < -0.3 is 0 Å². The molecule has 98 valence electrons. The number of hydrogen-bond donors (Lipinski definition) is 0. The number of rotatable bonds is 4. The molecule has 0 atom stereocenters. The zero-order valence-electron chi connectivity index (χ0n) is 11.7. The van der Waals surface area contributed by atoms with E-state index in [1.807, 2.05) is 30.4 Å². The van der Waals surface area contributed by atoms with Crippen molar-refractivity contribution in [3.63, 3.8) is 0 Å². The molecule has 0 bridgehead atoms. The van der Waals surface area contributed by atoms with Gasteiger partial charge in [0.1, 0.15) is 0 Å². The highest BCUT2D eigenvalue weighted by atomic mass is 13.9. The molecule has 0 saturated carbocycles. The minimum absolute atomic E-state index is 0.973. The summed E-state index contributed by atoms with van der Waals surface area (Å²) in [6.07, 6.45) is 5.85. The molecule has 2 rings (SSSR count). The van der Waals surface area contributed by atoms with E-state index in [1.54, 1.807) is 0 Å². The Morgan fingerprint density at radius 2 is 1.47 bits per heavy atom. The molecule has 0 nitrogen and oxygen atoms in total. The zero-order chi connectivity index (χ0) is 13.9. The normalized spacial score (nSPS) is 9.11. The van der Waals surface area contributed by atoms with Crippen molar-refractivity contribution >= 4 is 6.08 Å². The molecule has 0 aliphatic rings. The van der Waals surface area contributed by atoms with Crippen LogP contribution in [0.4, 0.5) is 0 Å². The first-order chi connectivity index (χ1) is 9.30. The molecule has 0 unspecified atom stereocenters. The van der Waals surface area contributed by atoms with Gasteiger partial charge >= 0.3 is 0 Å². The maximum Gasteiger partial charge on any atom is -0.0100 e. The van der Waals surface area contributed by atoms with Crippen LogP contribution in [0.5, 0.6) is 0 Å². The summed E-state index contributed by atoms with van der Waals surface area (Å²) in [5.41, 5.74) is 3.90. The Morgan fingerprint density at radius 1 is 0.842 bits per heavy atom. The van der Waals surface area contributed by atoms with E-state index in [-0.39, 0.29) is 0 Å². The molecule has 0 spiro atoms. The highest BCUT2D eigenvalue weighted by Crippen LogP contribution is 2.05. The summed E-state index contributed by atoms with van der Waals surface area (Å²) >= 11 is 0. The minimum atomic E-state index is 0.973. The van der Waals surface area contributed by atoms with Gasteiger partial charge in [-0.05, 0) is 29.5 Å². The molecular weight excluding hydrogens is 228 g/mol. The molecule has 0 N–H and O–H groups in total. The van der Waals surface area contributed by atoms with Crippen LogP contribution in [0.25, 0.3) is 6.08 Å². The summed E-state index contributed by atoms with van der Waals surface area (Å²) in [5, 5.41) is 0. The Balaban J connectivity index is 0.000000191. The van der Waals surface area contributed by atoms with Crippen LogP contribution in [-0.2, 0) is 12.8 Å². The van der Waals surface area contributed by atoms with Crippen molar-refractivity contribution in [3.05, 3.63) is 90.5 Å². The molecule has 0 amide bonds. The molecule has 0 heteroatoms. The van der Waals surface area contributed by atoms with Gasteiger partial charge in [0.2, 0.25) is 0 Å². The van der Waals surface area contributed by atoms with E-state index in [1.165, 1.54) is 16.7 Å². The lowest BCUT2D eigenvalue weighted by Gasteiger charge is -1.95. The van der Waals surface area contributed by atoms with E-state index in [0.717, 1.165) is 12.8 Å². The predicted octanol–water partition coefficient (Wildman–Crippen LogP) is 5.31. The van der Waals surface area contributed by atoms with Gasteiger partial charge in [0, 0.05) is 0 Å². The van der Waals surface area contributed by atoms with Crippen LogP contribution in [-0.4, -0.2) is 0 Å². The second-order valence-corrected chi connectivity index (χ2v) is 4.28. The molecule has 0 aromatic heterocycles. The molecule has 0 aliphatic heterocycles. The summed E-state index contributed by atoms with van der Waals surface area (Å²) in [6, 6.07) is 18.7. The van der Waals surface area contributed by atoms with Crippen molar-refractivity contribution < 1.29 is 0 Å². The summed E-state index contributed by atoms with van der Waals surface area (Å²) in [7, 11) is 0. The van der Waals surface area contributed by atoms with E-state index < -0.39 is 0 Å². The number of aryl methyl sites for hydroxylation is 1. The monoisotopic (exact) mass is 250 g/mol. The Kier molecular flexibility index (Phi) is 7.04. The van der Waals surface area contributed by atoms with Gasteiger partial charge in [0.25, 0.3) is 0 Å². The fraction of sp³-hybridized carbons (Fsp3) is 0.158. The first-order valence-corrected chi connectivity index (χ1v) is 6.66. The Morgan fingerprint density at radius 3 is 1.95 bits per heavy atom. The molecule has 2 aromatic carbocycles. The standard InChI is InChI=1S/C10H12.C9H10/c1-3-9-5-7-10(4-2)8-6-9;1-2-6-9-7-4-3-5-8-9/h3,5-8H,1,4H2,2H3;2-5,7-8H,1,6H2. The van der Waals surface area contributed by atoms with Gasteiger partial charge in [-0.1, -0.05) is 80.3 Å². The van der Waals surface area contributed by atoms with Gasteiger partial charge in [-0.2, -0.15) is 0 Å². The average Bonchev–Trinajstić information content (AvgIpc) is 2.49. The van der Waals surface area contributed by atoms with Crippen LogP contribution < -0.4 is 0 Å². The fourth-order valence-corrected chi connectivity index (χ4v) is 1.67. The highest BCUT2D eigenvalue weighted by Gasteiger charge is 1.86. The van der Waals surface area contributed by atoms with Crippen molar-refractivity contribution in [2.45, 2.75) is 19.8 Å². The second kappa shape index (κ2) is 8.93. The van der Waals surface area contributed by atoms with E-state index in [4.69, 9.17) is 0 Å². The lowest BCUT2D eigenvalue weighted by atomic mass is 10.1. The molecule has 0 saturated heterocycles. The van der Waals surface area contributed by atoms with Crippen molar-refractivity contribution in [3.8, 4) is 0 Å². The number of allylic oxidation sites excluding steroid dienone is 1. The van der Waals surface area contributed by atoms with Crippen molar-refractivity contribution in [1.29, 1.82) is 0 Å². The van der Waals surface area contributed by atoms with Crippen LogP contribution in [0, 0.1) is 0 Å². The van der Waals surface area contributed by atoms with Gasteiger partial charge in [0.05, 0.1) is 0 Å². The van der Waals surface area contributed by atoms with E-state index >= 15 is 0 Å². The first kappa shape index (κ1) is 15.0. The molecule has 2 aromatic rings. The van der Waals surface area contributed by atoms with Gasteiger partial charge in [0.15, 0.2) is 0 Å². The van der Waals surface area contributed by atoms with Gasteiger partial charge in [-0.25, -0.2) is 0 Å². The quantitative estimate of drug-likeness (QED) is 0.645. The Labute approximate surface area is 117 Å². The Hall–Kier alpha value is -2.08. The van der Waals surface area contributed by atoms with E-state index in [2.05, 4.69) is 56.5 Å². The highest BCUT2D eigenvalue weighted by molar-refractivity contribution is 5.47. The maximum atomic E-state index is 3.69. The van der Waals surface area contributed by atoms with Crippen LogP contribution in [0.3, 0.4) is 0 Å². The number of benzene rings is 2.